The number of nitrogens with one attached hydrogen (secondary N) is 2. The van der Waals surface area contributed by atoms with Crippen molar-refractivity contribution in [3.63, 3.8) is 0 Å². The molecule has 0 heterocycles. The Morgan fingerprint density at radius 2 is 1.85 bits per heavy atom. The molecule has 0 saturated carbocycles. The van der Waals surface area contributed by atoms with Gasteiger partial charge in [-0.25, -0.2) is 4.39 Å². The Labute approximate surface area is 135 Å². The molecular formula is C14H11BrClFN2S. The fraction of sp³-hybridized carbons (Fsp3) is 0.0714. The third-order valence-electron chi connectivity index (χ3n) is 2.63. The van der Waals surface area contributed by atoms with E-state index in [1.165, 1.54) is 12.1 Å². The first-order valence-electron chi connectivity index (χ1n) is 5.75. The van der Waals surface area contributed by atoms with Crippen LogP contribution < -0.4 is 10.6 Å². The van der Waals surface area contributed by atoms with E-state index in [0.717, 1.165) is 10.0 Å². The molecule has 0 aliphatic rings. The minimum absolute atomic E-state index is 0.317. The van der Waals surface area contributed by atoms with E-state index in [1.54, 1.807) is 18.2 Å². The normalized spacial score (nSPS) is 10.2. The fourth-order valence-corrected chi connectivity index (χ4v) is 2.54. The third kappa shape index (κ3) is 3.91. The first-order chi connectivity index (χ1) is 9.45. The molecule has 2 aromatic carbocycles. The average molecular weight is 374 g/mol. The van der Waals surface area contributed by atoms with Gasteiger partial charge >= 0.3 is 0 Å². The van der Waals surface area contributed by atoms with Crippen molar-refractivity contribution in [2.45, 2.75) is 6.92 Å². The van der Waals surface area contributed by atoms with Crippen molar-refractivity contribution < 1.29 is 4.39 Å². The SMILES string of the molecule is Cc1ccc(F)cc1NC(=S)Nc1ccc(Br)cc1Cl. The smallest absolute Gasteiger partial charge is 0.175 e. The number of thiocarbonyl (C=S) groups is 1. The molecule has 2 rings (SSSR count). The van der Waals surface area contributed by atoms with Gasteiger partial charge in [0.15, 0.2) is 5.11 Å². The van der Waals surface area contributed by atoms with Gasteiger partial charge < -0.3 is 10.6 Å². The van der Waals surface area contributed by atoms with E-state index in [4.69, 9.17) is 23.8 Å². The van der Waals surface area contributed by atoms with Gasteiger partial charge in [-0.3, -0.25) is 0 Å². The zero-order valence-electron chi connectivity index (χ0n) is 10.5. The van der Waals surface area contributed by atoms with Crippen LogP contribution in [0.2, 0.25) is 5.02 Å². The van der Waals surface area contributed by atoms with E-state index in [0.29, 0.717) is 21.5 Å². The summed E-state index contributed by atoms with van der Waals surface area (Å²) in [7, 11) is 0. The number of hydrogen-bond donors (Lipinski definition) is 2. The fourth-order valence-electron chi connectivity index (χ4n) is 1.60. The maximum atomic E-state index is 13.2. The van der Waals surface area contributed by atoms with Crippen molar-refractivity contribution in [2.24, 2.45) is 0 Å². The van der Waals surface area contributed by atoms with Gasteiger partial charge in [0, 0.05) is 10.2 Å². The minimum Gasteiger partial charge on any atom is -0.332 e. The van der Waals surface area contributed by atoms with Crippen LogP contribution in [0.15, 0.2) is 40.9 Å². The Balaban J connectivity index is 2.11. The van der Waals surface area contributed by atoms with Crippen LogP contribution in [0, 0.1) is 12.7 Å². The Morgan fingerprint density at radius 1 is 1.15 bits per heavy atom. The van der Waals surface area contributed by atoms with Crippen LogP contribution in [0.3, 0.4) is 0 Å². The lowest BCUT2D eigenvalue weighted by molar-refractivity contribution is 0.628. The van der Waals surface area contributed by atoms with Crippen molar-refractivity contribution in [3.05, 3.63) is 57.3 Å². The van der Waals surface area contributed by atoms with Gasteiger partial charge in [0.05, 0.1) is 10.7 Å². The third-order valence-corrected chi connectivity index (χ3v) is 3.64. The van der Waals surface area contributed by atoms with Gasteiger partial charge in [0.2, 0.25) is 0 Å². The van der Waals surface area contributed by atoms with E-state index in [2.05, 4.69) is 26.6 Å². The molecule has 2 aromatic rings. The van der Waals surface area contributed by atoms with E-state index < -0.39 is 0 Å². The van der Waals surface area contributed by atoms with Crippen molar-refractivity contribution >= 4 is 56.2 Å². The lowest BCUT2D eigenvalue weighted by atomic mass is 10.2. The maximum absolute atomic E-state index is 13.2. The van der Waals surface area contributed by atoms with Crippen LogP contribution in [-0.4, -0.2) is 5.11 Å². The molecule has 20 heavy (non-hydrogen) atoms. The van der Waals surface area contributed by atoms with E-state index in [1.807, 2.05) is 13.0 Å². The number of aryl methyl sites for hydroxylation is 1. The molecule has 0 aliphatic heterocycles. The summed E-state index contributed by atoms with van der Waals surface area (Å²) in [5.41, 5.74) is 2.20. The summed E-state index contributed by atoms with van der Waals surface area (Å²) in [6.45, 7) is 1.87. The Morgan fingerprint density at radius 3 is 2.55 bits per heavy atom. The molecule has 0 saturated heterocycles. The van der Waals surface area contributed by atoms with Gasteiger partial charge in [-0.05, 0) is 55.0 Å². The van der Waals surface area contributed by atoms with Gasteiger partial charge in [0.25, 0.3) is 0 Å². The van der Waals surface area contributed by atoms with Gasteiger partial charge in [-0.2, -0.15) is 0 Å². The molecule has 0 fully saturated rings. The quantitative estimate of drug-likeness (QED) is 0.693. The molecule has 0 amide bonds. The summed E-state index contributed by atoms with van der Waals surface area (Å²) in [5.74, 6) is -0.317. The second-order valence-electron chi connectivity index (χ2n) is 4.16. The number of hydrogen-bond acceptors (Lipinski definition) is 1. The van der Waals surface area contributed by atoms with E-state index >= 15 is 0 Å². The summed E-state index contributed by atoms with van der Waals surface area (Å²) >= 11 is 14.6. The highest BCUT2D eigenvalue weighted by Crippen LogP contribution is 2.26. The van der Waals surface area contributed by atoms with Crippen LogP contribution in [0.5, 0.6) is 0 Å². The summed E-state index contributed by atoms with van der Waals surface area (Å²) in [6, 6.07) is 9.91. The number of rotatable bonds is 2. The van der Waals surface area contributed by atoms with Crippen LogP contribution >= 0.6 is 39.7 Å². The second-order valence-corrected chi connectivity index (χ2v) is 5.89. The van der Waals surface area contributed by atoms with Crippen LogP contribution in [0.25, 0.3) is 0 Å². The molecule has 0 aromatic heterocycles. The molecular weight excluding hydrogens is 363 g/mol. The van der Waals surface area contributed by atoms with Gasteiger partial charge in [-0.15, -0.1) is 0 Å². The molecule has 0 spiro atoms. The second kappa shape index (κ2) is 6.52. The molecule has 104 valence electrons. The lowest BCUT2D eigenvalue weighted by Gasteiger charge is -2.13. The topological polar surface area (TPSA) is 24.1 Å². The van der Waals surface area contributed by atoms with Gasteiger partial charge in [0.1, 0.15) is 5.82 Å². The molecule has 0 aliphatic carbocycles. The average Bonchev–Trinajstić information content (AvgIpc) is 2.37. The zero-order valence-corrected chi connectivity index (χ0v) is 13.7. The minimum atomic E-state index is -0.317. The van der Waals surface area contributed by atoms with Gasteiger partial charge in [-0.1, -0.05) is 33.6 Å². The van der Waals surface area contributed by atoms with Crippen LogP contribution in [0.4, 0.5) is 15.8 Å². The maximum Gasteiger partial charge on any atom is 0.175 e. The lowest BCUT2D eigenvalue weighted by Crippen LogP contribution is -2.19. The van der Waals surface area contributed by atoms with Crippen LogP contribution in [-0.2, 0) is 0 Å². The zero-order chi connectivity index (χ0) is 14.7. The Hall–Kier alpha value is -1.17. The number of halogens is 3. The highest BCUT2D eigenvalue weighted by Gasteiger charge is 2.06. The van der Waals surface area contributed by atoms with Crippen molar-refractivity contribution in [2.75, 3.05) is 10.6 Å². The Kier molecular flexibility index (Phi) is 4.96. The number of anilines is 2. The highest BCUT2D eigenvalue weighted by atomic mass is 79.9. The molecule has 0 unspecified atom stereocenters. The molecule has 0 bridgehead atoms. The van der Waals surface area contributed by atoms with Crippen molar-refractivity contribution in [1.29, 1.82) is 0 Å². The predicted octanol–water partition coefficient (Wildman–Crippen LogP) is 5.36. The van der Waals surface area contributed by atoms with Crippen molar-refractivity contribution in [3.8, 4) is 0 Å². The highest BCUT2D eigenvalue weighted by molar-refractivity contribution is 9.10. The summed E-state index contributed by atoms with van der Waals surface area (Å²) in [6.07, 6.45) is 0. The largest absolute Gasteiger partial charge is 0.332 e. The summed E-state index contributed by atoms with van der Waals surface area (Å²) in [4.78, 5) is 0. The molecule has 6 heteroatoms. The summed E-state index contributed by atoms with van der Waals surface area (Å²) < 4.78 is 14.1. The number of benzene rings is 2. The first kappa shape index (κ1) is 15.2. The summed E-state index contributed by atoms with van der Waals surface area (Å²) in [5, 5.41) is 6.82. The van der Waals surface area contributed by atoms with Crippen LogP contribution in [0.1, 0.15) is 5.56 Å². The Bertz CT molecular complexity index is 664. The molecule has 0 atom stereocenters. The van der Waals surface area contributed by atoms with Crippen molar-refractivity contribution in [1.82, 2.24) is 0 Å². The van der Waals surface area contributed by atoms with E-state index in [9.17, 15) is 4.39 Å². The van der Waals surface area contributed by atoms with E-state index in [-0.39, 0.29) is 5.82 Å². The first-order valence-corrected chi connectivity index (χ1v) is 7.33. The predicted molar refractivity (Wildman–Crippen MR) is 90.1 cm³/mol. The molecule has 2 nitrogen and oxygen atoms in total. The molecule has 0 radical (unpaired) electrons. The molecule has 2 N–H and O–H groups in total. The standard InChI is InChI=1S/C14H11BrClFN2S/c1-8-2-4-10(17)7-13(8)19-14(20)18-12-5-3-9(15)6-11(12)16/h2-7H,1H3,(H2,18,19,20). The monoisotopic (exact) mass is 372 g/mol.